The number of alkyl halides is 1. The predicted octanol–water partition coefficient (Wildman–Crippen LogP) is 4.88. The third-order valence-corrected chi connectivity index (χ3v) is 3.43. The molecule has 0 aliphatic carbocycles. The SMILES string of the molecule is Cc1ccccc1C(CBr)OCCC(C)(C)C. The average Bonchev–Trinajstić information content (AvgIpc) is 2.24. The van der Waals surface area contributed by atoms with Crippen LogP contribution in [-0.2, 0) is 4.74 Å². The van der Waals surface area contributed by atoms with Gasteiger partial charge >= 0.3 is 0 Å². The molecule has 0 fully saturated rings. The van der Waals surface area contributed by atoms with E-state index in [-0.39, 0.29) is 6.10 Å². The van der Waals surface area contributed by atoms with E-state index in [2.05, 4.69) is 67.9 Å². The Kier molecular flexibility index (Phi) is 5.68. The number of aryl methyl sites for hydroxylation is 1. The van der Waals surface area contributed by atoms with E-state index in [9.17, 15) is 0 Å². The number of benzene rings is 1. The van der Waals surface area contributed by atoms with Crippen LogP contribution in [0.25, 0.3) is 0 Å². The molecule has 0 N–H and O–H groups in total. The molecular weight excluding hydrogens is 276 g/mol. The van der Waals surface area contributed by atoms with Gasteiger partial charge in [-0.05, 0) is 29.9 Å². The molecule has 0 spiro atoms. The Bertz CT molecular complexity index is 341. The summed E-state index contributed by atoms with van der Waals surface area (Å²) in [5.41, 5.74) is 2.92. The monoisotopic (exact) mass is 298 g/mol. The highest BCUT2D eigenvalue weighted by Crippen LogP contribution is 2.25. The van der Waals surface area contributed by atoms with Gasteiger partial charge < -0.3 is 4.74 Å². The van der Waals surface area contributed by atoms with E-state index in [1.165, 1.54) is 11.1 Å². The molecule has 1 aromatic rings. The predicted molar refractivity (Wildman–Crippen MR) is 77.7 cm³/mol. The third kappa shape index (κ3) is 5.22. The normalized spacial score (nSPS) is 13.7. The van der Waals surface area contributed by atoms with Crippen LogP contribution in [0.2, 0.25) is 0 Å². The lowest BCUT2D eigenvalue weighted by molar-refractivity contribution is 0.0518. The number of rotatable bonds is 5. The van der Waals surface area contributed by atoms with Crippen molar-refractivity contribution >= 4 is 15.9 Å². The van der Waals surface area contributed by atoms with Gasteiger partial charge in [-0.3, -0.25) is 0 Å². The Balaban J connectivity index is 2.58. The second-order valence-corrected chi connectivity index (χ2v) is 6.33. The number of ether oxygens (including phenoxy) is 1. The Morgan fingerprint density at radius 1 is 1.24 bits per heavy atom. The van der Waals surface area contributed by atoms with E-state index in [1.54, 1.807) is 0 Å². The second-order valence-electron chi connectivity index (χ2n) is 5.68. The molecule has 0 bridgehead atoms. The first-order valence-electron chi connectivity index (χ1n) is 6.17. The first-order chi connectivity index (χ1) is 7.94. The molecule has 1 atom stereocenters. The summed E-state index contributed by atoms with van der Waals surface area (Å²) in [6.45, 7) is 9.68. The van der Waals surface area contributed by atoms with Crippen LogP contribution in [0.5, 0.6) is 0 Å². The molecule has 0 aliphatic rings. The van der Waals surface area contributed by atoms with Gasteiger partial charge in [0, 0.05) is 11.9 Å². The fourth-order valence-electron chi connectivity index (χ4n) is 1.67. The molecule has 0 radical (unpaired) electrons. The van der Waals surface area contributed by atoms with E-state index < -0.39 is 0 Å². The average molecular weight is 299 g/mol. The quantitative estimate of drug-likeness (QED) is 0.704. The minimum absolute atomic E-state index is 0.165. The summed E-state index contributed by atoms with van der Waals surface area (Å²) in [6.07, 6.45) is 1.25. The van der Waals surface area contributed by atoms with Gasteiger partial charge in [-0.1, -0.05) is 61.0 Å². The summed E-state index contributed by atoms with van der Waals surface area (Å²) in [4.78, 5) is 0. The molecule has 1 nitrogen and oxygen atoms in total. The minimum Gasteiger partial charge on any atom is -0.373 e. The standard InChI is InChI=1S/C15H23BrO/c1-12-7-5-6-8-13(12)14(11-16)17-10-9-15(2,3)4/h5-8,14H,9-11H2,1-4H3. The highest BCUT2D eigenvalue weighted by atomic mass is 79.9. The molecule has 1 rings (SSSR count). The summed E-state index contributed by atoms with van der Waals surface area (Å²) in [7, 11) is 0. The molecule has 96 valence electrons. The van der Waals surface area contributed by atoms with Gasteiger partial charge in [-0.15, -0.1) is 0 Å². The van der Waals surface area contributed by atoms with Crippen molar-refractivity contribution in [2.24, 2.45) is 5.41 Å². The van der Waals surface area contributed by atoms with Gasteiger partial charge in [-0.2, -0.15) is 0 Å². The van der Waals surface area contributed by atoms with E-state index in [0.29, 0.717) is 5.41 Å². The molecule has 0 heterocycles. The molecule has 1 unspecified atom stereocenters. The van der Waals surface area contributed by atoms with E-state index >= 15 is 0 Å². The van der Waals surface area contributed by atoms with Gasteiger partial charge in [0.1, 0.15) is 0 Å². The lowest BCUT2D eigenvalue weighted by Gasteiger charge is -2.22. The Hall–Kier alpha value is -0.340. The largest absolute Gasteiger partial charge is 0.373 e. The van der Waals surface area contributed by atoms with Crippen LogP contribution in [0, 0.1) is 12.3 Å². The topological polar surface area (TPSA) is 9.23 Å². The van der Waals surface area contributed by atoms with Crippen LogP contribution in [0.1, 0.15) is 44.4 Å². The third-order valence-electron chi connectivity index (χ3n) is 2.85. The van der Waals surface area contributed by atoms with Crippen molar-refractivity contribution in [3.8, 4) is 0 Å². The maximum atomic E-state index is 5.99. The van der Waals surface area contributed by atoms with Gasteiger partial charge in [0.2, 0.25) is 0 Å². The fourth-order valence-corrected chi connectivity index (χ4v) is 2.21. The molecule has 17 heavy (non-hydrogen) atoms. The lowest BCUT2D eigenvalue weighted by Crippen LogP contribution is -2.14. The summed E-state index contributed by atoms with van der Waals surface area (Å²) in [6, 6.07) is 8.43. The van der Waals surface area contributed by atoms with Crippen molar-refractivity contribution in [3.05, 3.63) is 35.4 Å². The number of hydrogen-bond donors (Lipinski definition) is 0. The van der Waals surface area contributed by atoms with Crippen molar-refractivity contribution < 1.29 is 4.74 Å². The molecule has 0 saturated carbocycles. The molecule has 0 amide bonds. The summed E-state index contributed by atoms with van der Waals surface area (Å²) in [5, 5.41) is 0.849. The van der Waals surface area contributed by atoms with Gasteiger partial charge in [0.15, 0.2) is 0 Å². The smallest absolute Gasteiger partial charge is 0.0924 e. The van der Waals surface area contributed by atoms with Crippen LogP contribution >= 0.6 is 15.9 Å². The maximum Gasteiger partial charge on any atom is 0.0924 e. The Morgan fingerprint density at radius 2 is 1.88 bits per heavy atom. The maximum absolute atomic E-state index is 5.99. The summed E-state index contributed by atoms with van der Waals surface area (Å²) >= 11 is 3.54. The van der Waals surface area contributed by atoms with Crippen LogP contribution in [0.4, 0.5) is 0 Å². The molecule has 0 aromatic heterocycles. The van der Waals surface area contributed by atoms with Crippen molar-refractivity contribution in [1.82, 2.24) is 0 Å². The van der Waals surface area contributed by atoms with E-state index in [1.807, 2.05) is 0 Å². The van der Waals surface area contributed by atoms with Crippen LogP contribution in [0.15, 0.2) is 24.3 Å². The number of hydrogen-bond acceptors (Lipinski definition) is 1. The van der Waals surface area contributed by atoms with Gasteiger partial charge in [-0.25, -0.2) is 0 Å². The Labute approximate surface area is 114 Å². The fraction of sp³-hybridized carbons (Fsp3) is 0.600. The van der Waals surface area contributed by atoms with E-state index in [0.717, 1.165) is 18.4 Å². The zero-order chi connectivity index (χ0) is 12.9. The van der Waals surface area contributed by atoms with Gasteiger partial charge in [0.25, 0.3) is 0 Å². The van der Waals surface area contributed by atoms with Crippen LogP contribution in [0.3, 0.4) is 0 Å². The van der Waals surface area contributed by atoms with Crippen LogP contribution in [-0.4, -0.2) is 11.9 Å². The highest BCUT2D eigenvalue weighted by Gasteiger charge is 2.15. The van der Waals surface area contributed by atoms with Crippen molar-refractivity contribution in [1.29, 1.82) is 0 Å². The molecule has 1 aromatic carbocycles. The molecule has 0 aliphatic heterocycles. The van der Waals surface area contributed by atoms with Crippen molar-refractivity contribution in [3.63, 3.8) is 0 Å². The summed E-state index contributed by atoms with van der Waals surface area (Å²) < 4.78 is 5.99. The molecule has 0 saturated heterocycles. The van der Waals surface area contributed by atoms with Gasteiger partial charge in [0.05, 0.1) is 6.10 Å². The Morgan fingerprint density at radius 3 is 2.41 bits per heavy atom. The zero-order valence-corrected chi connectivity index (χ0v) is 12.9. The first kappa shape index (κ1) is 14.7. The second kappa shape index (κ2) is 6.55. The number of halogens is 1. The van der Waals surface area contributed by atoms with Crippen molar-refractivity contribution in [2.75, 3.05) is 11.9 Å². The molecular formula is C15H23BrO. The molecule has 2 heteroatoms. The minimum atomic E-state index is 0.165. The first-order valence-corrected chi connectivity index (χ1v) is 7.29. The van der Waals surface area contributed by atoms with Crippen molar-refractivity contribution in [2.45, 2.75) is 40.2 Å². The zero-order valence-electron chi connectivity index (χ0n) is 11.3. The highest BCUT2D eigenvalue weighted by molar-refractivity contribution is 9.09. The van der Waals surface area contributed by atoms with E-state index in [4.69, 9.17) is 4.74 Å². The lowest BCUT2D eigenvalue weighted by atomic mass is 9.93. The van der Waals surface area contributed by atoms with Crippen LogP contribution < -0.4 is 0 Å². The summed E-state index contributed by atoms with van der Waals surface area (Å²) in [5.74, 6) is 0.